The van der Waals surface area contributed by atoms with Crippen LogP contribution >= 0.6 is 0 Å². The van der Waals surface area contributed by atoms with E-state index in [1.807, 2.05) is 19.5 Å². The number of benzene rings is 1. The van der Waals surface area contributed by atoms with Crippen LogP contribution in [0.25, 0.3) is 0 Å². The average molecular weight is 393 g/mol. The van der Waals surface area contributed by atoms with E-state index in [4.69, 9.17) is 9.73 Å². The van der Waals surface area contributed by atoms with Gasteiger partial charge in [-0.15, -0.1) is 0 Å². The zero-order chi connectivity index (χ0) is 20.3. The minimum Gasteiger partial charge on any atom is -0.496 e. The molecule has 0 amide bonds. The number of hydrogen-bond acceptors (Lipinski definition) is 5. The van der Waals surface area contributed by atoms with Gasteiger partial charge in [0.05, 0.1) is 19.4 Å². The van der Waals surface area contributed by atoms with Gasteiger partial charge in [-0.05, 0) is 70.1 Å². The maximum atomic E-state index is 6.05. The highest BCUT2D eigenvalue weighted by atomic mass is 16.5. The Bertz CT molecular complexity index is 913. The normalized spacial score (nSPS) is 28.5. The molecule has 2 fully saturated rings. The Labute approximate surface area is 174 Å². The molecule has 2 atom stereocenters. The van der Waals surface area contributed by atoms with Crippen LogP contribution in [0, 0.1) is 13.8 Å². The molecule has 5 nitrogen and oxygen atoms in total. The first-order chi connectivity index (χ1) is 14.0. The molecule has 1 aromatic carbocycles. The maximum Gasteiger partial charge on any atom is 0.152 e. The molecule has 5 heteroatoms. The number of rotatable bonds is 6. The predicted molar refractivity (Wildman–Crippen MR) is 118 cm³/mol. The number of aryl methyl sites for hydroxylation is 2. The molecule has 154 valence electrons. The zero-order valence-electron chi connectivity index (χ0n) is 18.3. The van der Waals surface area contributed by atoms with Gasteiger partial charge >= 0.3 is 0 Å². The van der Waals surface area contributed by atoms with Gasteiger partial charge in [0.25, 0.3) is 0 Å². The third-order valence-electron chi connectivity index (χ3n) is 6.82. The van der Waals surface area contributed by atoms with Gasteiger partial charge in [0.1, 0.15) is 11.6 Å². The summed E-state index contributed by atoms with van der Waals surface area (Å²) in [6.07, 6.45) is 10.0. The fourth-order valence-electron chi connectivity index (χ4n) is 5.63. The second-order valence-electron chi connectivity index (χ2n) is 9.05. The third kappa shape index (κ3) is 2.70. The van der Waals surface area contributed by atoms with Crippen molar-refractivity contribution in [3.05, 3.63) is 40.7 Å². The molecule has 29 heavy (non-hydrogen) atoms. The highest BCUT2D eigenvalue weighted by Gasteiger charge is 2.63. The molecule has 0 saturated heterocycles. The average Bonchev–Trinajstić information content (AvgIpc) is 3.61. The third-order valence-corrected chi connectivity index (χ3v) is 6.82. The fourth-order valence-corrected chi connectivity index (χ4v) is 5.63. The van der Waals surface area contributed by atoms with Crippen molar-refractivity contribution in [2.75, 3.05) is 7.11 Å². The first-order valence-electron chi connectivity index (χ1n) is 11.0. The number of hydrogen-bond donors (Lipinski definition) is 0. The number of aliphatic imine (C=N–C) groups is 2. The lowest BCUT2D eigenvalue weighted by Crippen LogP contribution is -2.63. The molecule has 2 aliphatic heterocycles. The number of allylic oxidation sites excluding steroid dienone is 1. The van der Waals surface area contributed by atoms with Crippen molar-refractivity contribution in [2.45, 2.75) is 83.6 Å². The molecule has 2 heterocycles. The van der Waals surface area contributed by atoms with Crippen LogP contribution in [-0.2, 0) is 5.66 Å². The molecule has 0 N–H and O–H groups in total. The van der Waals surface area contributed by atoms with E-state index in [-0.39, 0.29) is 11.7 Å². The molecule has 0 radical (unpaired) electrons. The molecule has 2 saturated carbocycles. The van der Waals surface area contributed by atoms with Gasteiger partial charge < -0.3 is 9.64 Å². The second-order valence-corrected chi connectivity index (χ2v) is 9.05. The van der Waals surface area contributed by atoms with E-state index < -0.39 is 0 Å². The van der Waals surface area contributed by atoms with Crippen molar-refractivity contribution < 1.29 is 4.74 Å². The molecule has 1 aromatic rings. The van der Waals surface area contributed by atoms with Gasteiger partial charge in [0.2, 0.25) is 0 Å². The SMILES string of the molecule is CCC1N=C2C=NC=C(C)N2C1(c1c(C)cc(C)cc1OC)N(C1CC1)C1CC1. The van der Waals surface area contributed by atoms with Gasteiger partial charge in [-0.3, -0.25) is 14.9 Å². The van der Waals surface area contributed by atoms with Gasteiger partial charge in [0, 0.05) is 29.5 Å². The Balaban J connectivity index is 1.83. The summed E-state index contributed by atoms with van der Waals surface area (Å²) < 4.78 is 6.05. The summed E-state index contributed by atoms with van der Waals surface area (Å²) in [4.78, 5) is 15.0. The Kier molecular flexibility index (Phi) is 4.35. The first-order valence-corrected chi connectivity index (χ1v) is 11.0. The van der Waals surface area contributed by atoms with Crippen molar-refractivity contribution in [1.29, 1.82) is 0 Å². The zero-order valence-corrected chi connectivity index (χ0v) is 18.3. The lowest BCUT2D eigenvalue weighted by Gasteiger charge is -2.52. The Morgan fingerprint density at radius 3 is 2.41 bits per heavy atom. The van der Waals surface area contributed by atoms with Crippen LogP contribution in [0.15, 0.2) is 34.0 Å². The van der Waals surface area contributed by atoms with Crippen molar-refractivity contribution in [2.24, 2.45) is 9.98 Å². The molecular weight excluding hydrogens is 360 g/mol. The number of ether oxygens (including phenoxy) is 1. The summed E-state index contributed by atoms with van der Waals surface area (Å²) in [6, 6.07) is 5.90. The van der Waals surface area contributed by atoms with E-state index in [1.165, 1.54) is 42.4 Å². The number of amidine groups is 1. The molecule has 5 rings (SSSR count). The van der Waals surface area contributed by atoms with Crippen molar-refractivity contribution >= 4 is 12.1 Å². The van der Waals surface area contributed by atoms with Crippen LogP contribution < -0.4 is 4.74 Å². The van der Waals surface area contributed by atoms with E-state index in [2.05, 4.69) is 54.6 Å². The number of methoxy groups -OCH3 is 1. The van der Waals surface area contributed by atoms with Gasteiger partial charge in [-0.2, -0.15) is 0 Å². The van der Waals surface area contributed by atoms with Gasteiger partial charge in [-0.1, -0.05) is 13.0 Å². The van der Waals surface area contributed by atoms with Gasteiger partial charge in [-0.25, -0.2) is 0 Å². The quantitative estimate of drug-likeness (QED) is 0.714. The minimum atomic E-state index is -0.345. The summed E-state index contributed by atoms with van der Waals surface area (Å²) in [7, 11) is 1.81. The maximum absolute atomic E-state index is 6.05. The molecular formula is C24H32N4O. The van der Waals surface area contributed by atoms with Crippen molar-refractivity contribution in [3.8, 4) is 5.75 Å². The Morgan fingerprint density at radius 2 is 1.83 bits per heavy atom. The van der Waals surface area contributed by atoms with Crippen LogP contribution in [0.3, 0.4) is 0 Å². The molecule has 0 spiro atoms. The standard InChI is InChI=1S/C24H32N4O/c1-6-21-24(28(18-7-8-18)19-9-10-19,27-17(4)13-25-14-22(27)26-21)23-16(3)11-15(2)12-20(23)29-5/h11-14,18-19,21H,6-10H2,1-5H3. The lowest BCUT2D eigenvalue weighted by molar-refractivity contribution is -0.0320. The van der Waals surface area contributed by atoms with Crippen LogP contribution in [0.5, 0.6) is 5.75 Å². The smallest absolute Gasteiger partial charge is 0.152 e. The molecule has 4 aliphatic rings. The van der Waals surface area contributed by atoms with Crippen molar-refractivity contribution in [3.63, 3.8) is 0 Å². The largest absolute Gasteiger partial charge is 0.496 e. The topological polar surface area (TPSA) is 40.4 Å². The highest BCUT2D eigenvalue weighted by Crippen LogP contribution is 2.56. The van der Waals surface area contributed by atoms with E-state index in [0.29, 0.717) is 12.1 Å². The number of fused-ring (bicyclic) bond motifs is 1. The monoisotopic (exact) mass is 392 g/mol. The number of nitrogens with zero attached hydrogens (tertiary/aromatic N) is 4. The molecule has 0 bridgehead atoms. The second kappa shape index (κ2) is 6.69. The predicted octanol–water partition coefficient (Wildman–Crippen LogP) is 4.53. The molecule has 2 aliphatic carbocycles. The summed E-state index contributed by atoms with van der Waals surface area (Å²) in [5.74, 6) is 1.98. The molecule has 0 aromatic heterocycles. The van der Waals surface area contributed by atoms with Gasteiger partial charge in [0.15, 0.2) is 5.66 Å². The summed E-state index contributed by atoms with van der Waals surface area (Å²) in [6.45, 7) is 8.84. The molecule has 2 unspecified atom stereocenters. The minimum absolute atomic E-state index is 0.141. The first kappa shape index (κ1) is 18.9. The summed E-state index contributed by atoms with van der Waals surface area (Å²) in [5, 5.41) is 0. The summed E-state index contributed by atoms with van der Waals surface area (Å²) in [5.41, 5.74) is 4.64. The van der Waals surface area contributed by atoms with Crippen LogP contribution in [0.2, 0.25) is 0 Å². The van der Waals surface area contributed by atoms with Crippen LogP contribution in [0.4, 0.5) is 0 Å². The van der Waals surface area contributed by atoms with E-state index in [1.54, 1.807) is 0 Å². The Morgan fingerprint density at radius 1 is 1.14 bits per heavy atom. The lowest BCUT2D eigenvalue weighted by atomic mass is 9.82. The van der Waals surface area contributed by atoms with Crippen LogP contribution in [0.1, 0.15) is 62.6 Å². The van der Waals surface area contributed by atoms with Crippen LogP contribution in [-0.4, -0.2) is 47.1 Å². The summed E-state index contributed by atoms with van der Waals surface area (Å²) >= 11 is 0. The van der Waals surface area contributed by atoms with E-state index >= 15 is 0 Å². The van der Waals surface area contributed by atoms with E-state index in [0.717, 1.165) is 23.7 Å². The van der Waals surface area contributed by atoms with E-state index in [9.17, 15) is 0 Å². The Hall–Kier alpha value is -2.14. The van der Waals surface area contributed by atoms with Crippen molar-refractivity contribution in [1.82, 2.24) is 9.80 Å². The highest BCUT2D eigenvalue weighted by molar-refractivity contribution is 6.31. The fraction of sp³-hybridized carbons (Fsp3) is 0.583.